The van der Waals surface area contributed by atoms with E-state index in [4.69, 9.17) is 4.74 Å². The average molecular weight is 243 g/mol. The summed E-state index contributed by atoms with van der Waals surface area (Å²) in [6, 6.07) is -0.352. The Morgan fingerprint density at radius 1 is 1.41 bits per heavy atom. The number of rotatable bonds is 2. The summed E-state index contributed by atoms with van der Waals surface area (Å²) in [6.07, 6.45) is 1.53. The molecule has 0 heterocycles. The molecule has 98 valence electrons. The number of carboxylic acid groups (broad SMARTS) is 1. The summed E-state index contributed by atoms with van der Waals surface area (Å²) in [4.78, 5) is 22.8. The Morgan fingerprint density at radius 2 is 2.00 bits per heavy atom. The molecule has 0 spiro atoms. The third kappa shape index (κ3) is 3.35. The van der Waals surface area contributed by atoms with Gasteiger partial charge in [0, 0.05) is 6.04 Å². The van der Waals surface area contributed by atoms with E-state index in [-0.39, 0.29) is 6.04 Å². The van der Waals surface area contributed by atoms with E-state index in [1.807, 2.05) is 0 Å². The van der Waals surface area contributed by atoms with Crippen LogP contribution < -0.4 is 5.32 Å². The molecule has 0 aromatic carbocycles. The molecule has 2 N–H and O–H groups in total. The fourth-order valence-electron chi connectivity index (χ4n) is 2.10. The van der Waals surface area contributed by atoms with Crippen molar-refractivity contribution in [3.05, 3.63) is 0 Å². The summed E-state index contributed by atoms with van der Waals surface area (Å²) in [5.74, 6) is -0.865. The topological polar surface area (TPSA) is 75.6 Å². The average Bonchev–Trinajstić information content (AvgIpc) is 2.45. The van der Waals surface area contributed by atoms with Crippen molar-refractivity contribution in [2.45, 2.75) is 58.6 Å². The SMILES string of the molecule is CC(C)(C)OC(=O)NC1CCCC1(C)C(=O)O. The number of hydrogen-bond acceptors (Lipinski definition) is 3. The van der Waals surface area contributed by atoms with E-state index in [1.54, 1.807) is 27.7 Å². The van der Waals surface area contributed by atoms with Crippen LogP contribution in [0.25, 0.3) is 0 Å². The molecule has 0 aliphatic heterocycles. The maximum Gasteiger partial charge on any atom is 0.407 e. The van der Waals surface area contributed by atoms with Crippen molar-refractivity contribution in [1.29, 1.82) is 0 Å². The molecule has 1 aliphatic rings. The minimum Gasteiger partial charge on any atom is -0.481 e. The van der Waals surface area contributed by atoms with Crippen LogP contribution in [0.1, 0.15) is 47.0 Å². The zero-order chi connectivity index (χ0) is 13.3. The molecule has 0 aromatic heterocycles. The first-order chi connectivity index (χ1) is 7.65. The van der Waals surface area contributed by atoms with Crippen molar-refractivity contribution in [3.63, 3.8) is 0 Å². The predicted molar refractivity (Wildman–Crippen MR) is 62.8 cm³/mol. The second-order valence-electron chi connectivity index (χ2n) is 5.81. The Hall–Kier alpha value is -1.26. The fourth-order valence-corrected chi connectivity index (χ4v) is 2.10. The van der Waals surface area contributed by atoms with Crippen molar-refractivity contribution in [2.24, 2.45) is 5.41 Å². The molecule has 0 bridgehead atoms. The molecule has 1 saturated carbocycles. The van der Waals surface area contributed by atoms with Crippen LogP contribution in [-0.4, -0.2) is 28.8 Å². The lowest BCUT2D eigenvalue weighted by atomic mass is 9.85. The summed E-state index contributed by atoms with van der Waals surface area (Å²) < 4.78 is 5.13. The maximum atomic E-state index is 11.6. The van der Waals surface area contributed by atoms with Crippen molar-refractivity contribution >= 4 is 12.1 Å². The molecule has 1 amide bonds. The number of aliphatic carboxylic acids is 1. The van der Waals surface area contributed by atoms with E-state index in [0.717, 1.165) is 6.42 Å². The molecule has 0 saturated heterocycles. The van der Waals surface area contributed by atoms with Gasteiger partial charge in [-0.05, 0) is 40.5 Å². The predicted octanol–water partition coefficient (Wildman–Crippen LogP) is 2.15. The number of carbonyl (C=O) groups excluding carboxylic acids is 1. The van der Waals surface area contributed by atoms with E-state index in [1.165, 1.54) is 0 Å². The minimum absolute atomic E-state index is 0.352. The third-order valence-electron chi connectivity index (χ3n) is 3.14. The van der Waals surface area contributed by atoms with Gasteiger partial charge in [0.1, 0.15) is 5.60 Å². The van der Waals surface area contributed by atoms with Gasteiger partial charge in [-0.1, -0.05) is 6.42 Å². The Morgan fingerprint density at radius 3 is 2.47 bits per heavy atom. The van der Waals surface area contributed by atoms with Crippen LogP contribution in [0.15, 0.2) is 0 Å². The van der Waals surface area contributed by atoms with E-state index in [2.05, 4.69) is 5.32 Å². The lowest BCUT2D eigenvalue weighted by Crippen LogP contribution is -2.48. The first-order valence-corrected chi connectivity index (χ1v) is 5.88. The second-order valence-corrected chi connectivity index (χ2v) is 5.81. The molecule has 0 radical (unpaired) electrons. The normalized spacial score (nSPS) is 28.8. The van der Waals surface area contributed by atoms with Gasteiger partial charge in [0.2, 0.25) is 0 Å². The maximum absolute atomic E-state index is 11.6. The third-order valence-corrected chi connectivity index (χ3v) is 3.14. The highest BCUT2D eigenvalue weighted by Crippen LogP contribution is 2.38. The summed E-state index contributed by atoms with van der Waals surface area (Å²) in [5, 5.41) is 11.9. The second kappa shape index (κ2) is 4.55. The molecule has 17 heavy (non-hydrogen) atoms. The molecule has 5 heteroatoms. The number of alkyl carbamates (subject to hydrolysis) is 1. The van der Waals surface area contributed by atoms with Gasteiger partial charge in [-0.15, -0.1) is 0 Å². The van der Waals surface area contributed by atoms with E-state index in [9.17, 15) is 14.7 Å². The van der Waals surface area contributed by atoms with Crippen LogP contribution in [0.3, 0.4) is 0 Å². The van der Waals surface area contributed by atoms with E-state index < -0.39 is 23.1 Å². The van der Waals surface area contributed by atoms with Crippen molar-refractivity contribution in [3.8, 4) is 0 Å². The van der Waals surface area contributed by atoms with Gasteiger partial charge in [-0.25, -0.2) is 4.79 Å². The molecular formula is C12H21NO4. The largest absolute Gasteiger partial charge is 0.481 e. The summed E-state index contributed by atoms with van der Waals surface area (Å²) in [7, 11) is 0. The first kappa shape index (κ1) is 13.8. The van der Waals surface area contributed by atoms with E-state index >= 15 is 0 Å². The molecule has 2 atom stereocenters. The minimum atomic E-state index is -0.878. The standard InChI is InChI=1S/C12H21NO4/c1-11(2,3)17-10(16)13-8-6-5-7-12(8,4)9(14)15/h8H,5-7H2,1-4H3,(H,13,16)(H,14,15). The van der Waals surface area contributed by atoms with Gasteiger partial charge < -0.3 is 15.2 Å². The van der Waals surface area contributed by atoms with Gasteiger partial charge in [-0.3, -0.25) is 4.79 Å². The highest BCUT2D eigenvalue weighted by Gasteiger charge is 2.46. The Labute approximate surface area is 102 Å². The van der Waals surface area contributed by atoms with Crippen LogP contribution in [-0.2, 0) is 9.53 Å². The molecule has 0 aromatic rings. The van der Waals surface area contributed by atoms with Gasteiger partial charge in [0.05, 0.1) is 5.41 Å². The molecular weight excluding hydrogens is 222 g/mol. The molecule has 1 aliphatic carbocycles. The van der Waals surface area contributed by atoms with Crippen LogP contribution in [0.5, 0.6) is 0 Å². The summed E-state index contributed by atoms with van der Waals surface area (Å²) in [6.45, 7) is 7.00. The quantitative estimate of drug-likeness (QED) is 0.779. The Bertz CT molecular complexity index is 321. The Kier molecular flexibility index (Phi) is 3.69. The zero-order valence-corrected chi connectivity index (χ0v) is 10.9. The first-order valence-electron chi connectivity index (χ1n) is 5.88. The number of carboxylic acids is 1. The summed E-state index contributed by atoms with van der Waals surface area (Å²) >= 11 is 0. The van der Waals surface area contributed by atoms with Crippen molar-refractivity contribution in [2.75, 3.05) is 0 Å². The zero-order valence-electron chi connectivity index (χ0n) is 10.9. The number of carbonyl (C=O) groups is 2. The molecule has 1 fully saturated rings. The number of amides is 1. The summed E-state index contributed by atoms with van der Waals surface area (Å²) in [5.41, 5.74) is -1.45. The van der Waals surface area contributed by atoms with Gasteiger partial charge in [-0.2, -0.15) is 0 Å². The monoisotopic (exact) mass is 243 g/mol. The van der Waals surface area contributed by atoms with Crippen molar-refractivity contribution < 1.29 is 19.4 Å². The van der Waals surface area contributed by atoms with Gasteiger partial charge in [0.25, 0.3) is 0 Å². The number of ether oxygens (including phenoxy) is 1. The lowest BCUT2D eigenvalue weighted by Gasteiger charge is -2.29. The van der Waals surface area contributed by atoms with Crippen LogP contribution in [0.2, 0.25) is 0 Å². The van der Waals surface area contributed by atoms with Crippen molar-refractivity contribution in [1.82, 2.24) is 5.32 Å². The fraction of sp³-hybridized carbons (Fsp3) is 0.833. The lowest BCUT2D eigenvalue weighted by molar-refractivity contribution is -0.148. The number of hydrogen-bond donors (Lipinski definition) is 2. The number of nitrogens with one attached hydrogen (secondary N) is 1. The van der Waals surface area contributed by atoms with Gasteiger partial charge >= 0.3 is 12.1 Å². The highest BCUT2D eigenvalue weighted by atomic mass is 16.6. The van der Waals surface area contributed by atoms with Crippen LogP contribution in [0.4, 0.5) is 4.79 Å². The Balaban J connectivity index is 2.63. The molecule has 2 unspecified atom stereocenters. The van der Waals surface area contributed by atoms with Crippen LogP contribution >= 0.6 is 0 Å². The molecule has 1 rings (SSSR count). The highest BCUT2D eigenvalue weighted by molar-refractivity contribution is 5.77. The smallest absolute Gasteiger partial charge is 0.407 e. The van der Waals surface area contributed by atoms with Crippen LogP contribution in [0, 0.1) is 5.41 Å². The van der Waals surface area contributed by atoms with E-state index in [0.29, 0.717) is 12.8 Å². The molecule has 5 nitrogen and oxygen atoms in total. The van der Waals surface area contributed by atoms with Gasteiger partial charge in [0.15, 0.2) is 0 Å².